The fourth-order valence-electron chi connectivity index (χ4n) is 2.75. The first-order valence-corrected chi connectivity index (χ1v) is 11.3. The predicted molar refractivity (Wildman–Crippen MR) is 127 cm³/mol. The van der Waals surface area contributed by atoms with Crippen LogP contribution in [0.1, 0.15) is 16.1 Å². The molecule has 0 aliphatic rings. The van der Waals surface area contributed by atoms with E-state index in [4.69, 9.17) is 39.5 Å². The highest BCUT2D eigenvalue weighted by Crippen LogP contribution is 2.30. The number of nitrogens with one attached hydrogen (secondary N) is 2. The summed E-state index contributed by atoms with van der Waals surface area (Å²) in [5.41, 5.74) is 1.69. The van der Waals surface area contributed by atoms with Gasteiger partial charge in [-0.2, -0.15) is 5.10 Å². The molecule has 0 fully saturated rings. The largest absolute Gasteiger partial charge is 0.416 e. The molecule has 2 N–H and O–H groups in total. The van der Waals surface area contributed by atoms with Crippen molar-refractivity contribution in [1.29, 1.82) is 0 Å². The minimum Gasteiger partial charge on any atom is -0.416 e. The van der Waals surface area contributed by atoms with Gasteiger partial charge in [-0.25, -0.2) is 4.79 Å². The molecule has 4 rings (SSSR count). The Morgan fingerprint density at radius 1 is 1.00 bits per heavy atom. The number of aromatic amines is 2. The van der Waals surface area contributed by atoms with Gasteiger partial charge in [-0.1, -0.05) is 46.9 Å². The van der Waals surface area contributed by atoms with Crippen molar-refractivity contribution in [2.45, 2.75) is 10.6 Å². The van der Waals surface area contributed by atoms with Crippen LogP contribution >= 0.6 is 46.6 Å². The molecular weight excluding hydrogens is 493 g/mol. The average Bonchev–Trinajstić information content (AvgIpc) is 3.27. The number of H-pyrrole nitrogens is 2. The van der Waals surface area contributed by atoms with Crippen LogP contribution in [0.2, 0.25) is 15.1 Å². The lowest BCUT2D eigenvalue weighted by Crippen LogP contribution is -2.17. The number of halogens is 3. The maximum Gasteiger partial charge on any atom is 0.361 e. The molecule has 4 aromatic rings. The Balaban J connectivity index is 1.45. The van der Waals surface area contributed by atoms with Crippen molar-refractivity contribution in [3.05, 3.63) is 97.5 Å². The lowest BCUT2D eigenvalue weighted by atomic mass is 10.1. The van der Waals surface area contributed by atoms with Gasteiger partial charge in [0.1, 0.15) is 5.69 Å². The number of hydrogen-bond acceptors (Lipinski definition) is 5. The number of hydrogen-bond donors (Lipinski definition) is 2. The van der Waals surface area contributed by atoms with Crippen LogP contribution in [0.25, 0.3) is 11.3 Å². The normalized spacial score (nSPS) is 10.8. The fourth-order valence-corrected chi connectivity index (χ4v) is 4.10. The number of carbonyl (C=O) groups excluding carboxylic acids is 1. The van der Waals surface area contributed by atoms with E-state index in [1.165, 1.54) is 17.8 Å². The quantitative estimate of drug-likeness (QED) is 0.239. The molecule has 0 spiro atoms. The molecule has 2 aromatic heterocycles. The minimum atomic E-state index is -0.725. The van der Waals surface area contributed by atoms with E-state index in [-0.39, 0.29) is 11.4 Å². The summed E-state index contributed by atoms with van der Waals surface area (Å²) in [5, 5.41) is 8.29. The Bertz CT molecular complexity index is 1340. The van der Waals surface area contributed by atoms with Crippen molar-refractivity contribution < 1.29 is 9.53 Å². The van der Waals surface area contributed by atoms with Gasteiger partial charge >= 0.3 is 5.97 Å². The molecule has 10 heteroatoms. The Labute approximate surface area is 201 Å². The van der Waals surface area contributed by atoms with Gasteiger partial charge in [0, 0.05) is 27.4 Å². The van der Waals surface area contributed by atoms with Gasteiger partial charge in [-0.15, -0.1) is 11.8 Å². The minimum absolute atomic E-state index is 0.107. The maximum absolute atomic E-state index is 12.5. The summed E-state index contributed by atoms with van der Waals surface area (Å²) in [6, 6.07) is 15.4. The number of esters is 1. The topological polar surface area (TPSA) is 87.8 Å². The van der Waals surface area contributed by atoms with Crippen LogP contribution in [0.5, 0.6) is 5.75 Å². The van der Waals surface area contributed by atoms with Crippen molar-refractivity contribution >= 4 is 52.5 Å². The van der Waals surface area contributed by atoms with Crippen LogP contribution in [0.15, 0.2) is 70.5 Å². The van der Waals surface area contributed by atoms with Gasteiger partial charge in [0.15, 0.2) is 5.75 Å². The Hall–Kier alpha value is -2.71. The standard InChI is InChI=1S/C22H14Cl3N3O3S/c23-14-3-1-13(2-4-14)18-9-19(28-27-18)22(30)31-20-7-12(10-26-21(20)29)11-32-15-5-6-16(24)17(25)8-15/h1-10H,11H2,(H,26,29)(H,27,28). The molecule has 2 heterocycles. The van der Waals surface area contributed by atoms with E-state index in [9.17, 15) is 9.59 Å². The Kier molecular flexibility index (Phi) is 6.91. The van der Waals surface area contributed by atoms with Gasteiger partial charge in [-0.3, -0.25) is 9.89 Å². The molecule has 0 bridgehead atoms. The zero-order valence-electron chi connectivity index (χ0n) is 16.2. The second-order valence-electron chi connectivity index (χ2n) is 6.63. The molecule has 2 aromatic carbocycles. The number of aromatic nitrogens is 3. The lowest BCUT2D eigenvalue weighted by Gasteiger charge is -2.06. The van der Waals surface area contributed by atoms with Crippen molar-refractivity contribution in [2.75, 3.05) is 0 Å². The second kappa shape index (κ2) is 9.83. The first kappa shape index (κ1) is 22.5. The predicted octanol–water partition coefficient (Wildman–Crippen LogP) is 6.24. The van der Waals surface area contributed by atoms with Gasteiger partial charge in [-0.05, 0) is 48.0 Å². The first-order chi connectivity index (χ1) is 15.4. The maximum atomic E-state index is 12.5. The zero-order valence-corrected chi connectivity index (χ0v) is 19.3. The molecule has 0 saturated carbocycles. The molecule has 0 radical (unpaired) electrons. The molecule has 0 amide bonds. The van der Waals surface area contributed by atoms with Crippen molar-refractivity contribution in [1.82, 2.24) is 15.2 Å². The second-order valence-corrected chi connectivity index (χ2v) is 8.93. The zero-order chi connectivity index (χ0) is 22.7. The molecule has 162 valence electrons. The summed E-state index contributed by atoms with van der Waals surface area (Å²) in [6.07, 6.45) is 1.57. The summed E-state index contributed by atoms with van der Waals surface area (Å²) in [5.74, 6) is -0.313. The summed E-state index contributed by atoms with van der Waals surface area (Å²) in [4.78, 5) is 28.2. The molecule has 32 heavy (non-hydrogen) atoms. The number of thioether (sulfide) groups is 1. The van der Waals surface area contributed by atoms with E-state index in [2.05, 4.69) is 15.2 Å². The third-order valence-electron chi connectivity index (χ3n) is 4.37. The van der Waals surface area contributed by atoms with Crippen LogP contribution in [0.4, 0.5) is 0 Å². The number of rotatable bonds is 6. The van der Waals surface area contributed by atoms with Crippen molar-refractivity contribution in [2.24, 2.45) is 0 Å². The van der Waals surface area contributed by atoms with Crippen molar-refractivity contribution in [3.8, 4) is 17.0 Å². The van der Waals surface area contributed by atoms with E-state index in [0.717, 1.165) is 16.0 Å². The van der Waals surface area contributed by atoms with E-state index in [0.29, 0.717) is 26.5 Å². The van der Waals surface area contributed by atoms with Gasteiger partial charge in [0.25, 0.3) is 5.56 Å². The monoisotopic (exact) mass is 505 g/mol. The molecular formula is C22H14Cl3N3O3S. The summed E-state index contributed by atoms with van der Waals surface area (Å²) in [7, 11) is 0. The molecule has 6 nitrogen and oxygen atoms in total. The SMILES string of the molecule is O=C(Oc1cc(CSc2ccc(Cl)c(Cl)c2)c[nH]c1=O)c1cc(-c2ccc(Cl)cc2)n[nH]1. The van der Waals surface area contributed by atoms with Gasteiger partial charge in [0.05, 0.1) is 15.7 Å². The van der Waals surface area contributed by atoms with Crippen LogP contribution in [-0.2, 0) is 5.75 Å². The molecule has 0 aliphatic carbocycles. The molecule has 0 aliphatic heterocycles. The summed E-state index contributed by atoms with van der Waals surface area (Å²) >= 11 is 19.4. The van der Waals surface area contributed by atoms with Gasteiger partial charge < -0.3 is 9.72 Å². The van der Waals surface area contributed by atoms with Crippen LogP contribution < -0.4 is 10.3 Å². The molecule has 0 unspecified atom stereocenters. The van der Waals surface area contributed by atoms with Crippen LogP contribution in [0.3, 0.4) is 0 Å². The van der Waals surface area contributed by atoms with E-state index in [1.807, 2.05) is 6.07 Å². The van der Waals surface area contributed by atoms with Crippen LogP contribution in [0, 0.1) is 0 Å². The van der Waals surface area contributed by atoms with E-state index in [1.54, 1.807) is 48.7 Å². The van der Waals surface area contributed by atoms with Gasteiger partial charge in [0.2, 0.25) is 0 Å². The summed E-state index contributed by atoms with van der Waals surface area (Å²) in [6.45, 7) is 0. The lowest BCUT2D eigenvalue weighted by molar-refractivity contribution is 0.0726. The third-order valence-corrected chi connectivity index (χ3v) is 6.42. The molecule has 0 atom stereocenters. The number of benzene rings is 2. The highest BCUT2D eigenvalue weighted by atomic mass is 35.5. The van der Waals surface area contributed by atoms with Crippen LogP contribution in [-0.4, -0.2) is 21.2 Å². The highest BCUT2D eigenvalue weighted by molar-refractivity contribution is 7.98. The Morgan fingerprint density at radius 2 is 1.78 bits per heavy atom. The van der Waals surface area contributed by atoms with E-state index >= 15 is 0 Å². The third kappa shape index (κ3) is 5.37. The Morgan fingerprint density at radius 3 is 2.53 bits per heavy atom. The first-order valence-electron chi connectivity index (χ1n) is 9.22. The highest BCUT2D eigenvalue weighted by Gasteiger charge is 2.16. The average molecular weight is 507 g/mol. The van der Waals surface area contributed by atoms with Crippen molar-refractivity contribution in [3.63, 3.8) is 0 Å². The fraction of sp³-hybridized carbons (Fsp3) is 0.0455. The smallest absolute Gasteiger partial charge is 0.361 e. The van der Waals surface area contributed by atoms with E-state index < -0.39 is 11.5 Å². The number of nitrogens with zero attached hydrogens (tertiary/aromatic N) is 1. The number of pyridine rings is 1. The molecule has 0 saturated heterocycles. The summed E-state index contributed by atoms with van der Waals surface area (Å²) < 4.78 is 5.30. The number of ether oxygens (including phenoxy) is 1. The number of carbonyl (C=O) groups is 1.